The maximum Gasteiger partial charge on any atom is 0.471 e. The van der Waals surface area contributed by atoms with Crippen LogP contribution in [0.5, 0.6) is 11.5 Å². The predicted molar refractivity (Wildman–Crippen MR) is 151 cm³/mol. The Morgan fingerprint density at radius 1 is 0.911 bits per heavy atom. The summed E-state index contributed by atoms with van der Waals surface area (Å²) in [6.07, 6.45) is -3.88. The zero-order chi connectivity index (χ0) is 33.1. The average Bonchev–Trinajstić information content (AvgIpc) is 3.01. The van der Waals surface area contributed by atoms with E-state index in [4.69, 9.17) is 19.0 Å². The quantitative estimate of drug-likeness (QED) is 0.179. The van der Waals surface area contributed by atoms with Gasteiger partial charge >= 0.3 is 24.0 Å². The number of rotatable bonds is 14. The maximum atomic E-state index is 13.1. The summed E-state index contributed by atoms with van der Waals surface area (Å²) in [7, 11) is 5.06. The number of nitrogens with zero attached hydrogens (tertiary/aromatic N) is 2. The molecule has 0 radical (unpaired) electrons. The fraction of sp³-hybridized carbons (Fsp3) is 0.345. The summed E-state index contributed by atoms with van der Waals surface area (Å²) in [5, 5.41) is 8.10. The number of ether oxygens (including phenoxy) is 4. The molecule has 1 heterocycles. The van der Waals surface area contributed by atoms with E-state index in [0.29, 0.717) is 22.6 Å². The number of methoxy groups -OCH3 is 3. The Bertz CT molecular complexity index is 1430. The van der Waals surface area contributed by atoms with Crippen LogP contribution in [0.15, 0.2) is 65.6 Å². The van der Waals surface area contributed by atoms with Crippen LogP contribution in [0.2, 0.25) is 0 Å². The number of esters is 2. The van der Waals surface area contributed by atoms with Gasteiger partial charge in [-0.1, -0.05) is 17.3 Å². The summed E-state index contributed by atoms with van der Waals surface area (Å²) < 4.78 is 57.8. The van der Waals surface area contributed by atoms with Crippen molar-refractivity contribution in [1.29, 1.82) is 0 Å². The van der Waals surface area contributed by atoms with E-state index in [1.807, 2.05) is 0 Å². The molecule has 0 fully saturated rings. The summed E-state index contributed by atoms with van der Waals surface area (Å²) in [5.74, 6) is -3.55. The second kappa shape index (κ2) is 15.4. The minimum atomic E-state index is -5.17. The van der Waals surface area contributed by atoms with Crippen LogP contribution in [-0.4, -0.2) is 88.2 Å². The van der Waals surface area contributed by atoms with Crippen LogP contribution >= 0.6 is 0 Å². The smallest absolute Gasteiger partial charge is 0.471 e. The van der Waals surface area contributed by atoms with Crippen molar-refractivity contribution in [2.75, 3.05) is 41.6 Å². The van der Waals surface area contributed by atoms with E-state index in [2.05, 4.69) is 15.2 Å². The molecule has 1 aliphatic rings. The summed E-state index contributed by atoms with van der Waals surface area (Å²) in [4.78, 5) is 55.1. The largest absolute Gasteiger partial charge is 0.497 e. The number of oxime groups is 1. The zero-order valence-corrected chi connectivity index (χ0v) is 24.7. The number of amides is 2. The van der Waals surface area contributed by atoms with Gasteiger partial charge in [0.05, 0.1) is 40.2 Å². The molecule has 0 bridgehead atoms. The molecule has 0 aliphatic carbocycles. The van der Waals surface area contributed by atoms with Crippen molar-refractivity contribution in [2.24, 2.45) is 5.16 Å². The summed E-state index contributed by atoms with van der Waals surface area (Å²) in [5.41, 5.74) is 1.43. The zero-order valence-electron chi connectivity index (χ0n) is 24.7. The van der Waals surface area contributed by atoms with E-state index in [1.54, 1.807) is 40.7 Å². The molecule has 2 unspecified atom stereocenters. The van der Waals surface area contributed by atoms with Gasteiger partial charge < -0.3 is 39.3 Å². The first-order valence-electron chi connectivity index (χ1n) is 13.2. The fourth-order valence-corrected chi connectivity index (χ4v) is 4.13. The van der Waals surface area contributed by atoms with E-state index >= 15 is 0 Å². The molecule has 2 atom stereocenters. The summed E-state index contributed by atoms with van der Waals surface area (Å²) in [6, 6.07) is 10.5. The highest BCUT2D eigenvalue weighted by atomic mass is 19.4. The number of hydrogen-bond acceptors (Lipinski definition) is 11. The molecule has 242 valence electrons. The van der Waals surface area contributed by atoms with Crippen molar-refractivity contribution in [3.05, 3.63) is 71.6 Å². The monoisotopic (exact) mass is 636 g/mol. The van der Waals surface area contributed by atoms with Crippen LogP contribution in [0, 0.1) is 0 Å². The second-order valence-corrected chi connectivity index (χ2v) is 9.31. The summed E-state index contributed by atoms with van der Waals surface area (Å²) in [6.45, 7) is -0.0227. The Labute approximate surface area is 255 Å². The van der Waals surface area contributed by atoms with Crippen molar-refractivity contribution in [1.82, 2.24) is 15.5 Å². The lowest BCUT2D eigenvalue weighted by molar-refractivity contribution is -0.175. The first-order chi connectivity index (χ1) is 21.4. The molecule has 0 saturated carbocycles. The minimum Gasteiger partial charge on any atom is -0.497 e. The Hall–Kier alpha value is -5.28. The molecule has 0 saturated heterocycles. The van der Waals surface area contributed by atoms with Gasteiger partial charge in [-0.3, -0.25) is 9.59 Å². The molecule has 45 heavy (non-hydrogen) atoms. The lowest BCUT2D eigenvalue weighted by Crippen LogP contribution is -2.47. The Kier molecular flexibility index (Phi) is 11.7. The van der Waals surface area contributed by atoms with Gasteiger partial charge in [-0.25, -0.2) is 9.59 Å². The highest BCUT2D eigenvalue weighted by Gasteiger charge is 2.41. The molecular formula is C29H31F3N4O9. The van der Waals surface area contributed by atoms with Gasteiger partial charge in [-0.05, 0) is 42.0 Å². The summed E-state index contributed by atoms with van der Waals surface area (Å²) >= 11 is 0. The average molecular weight is 637 g/mol. The molecular weight excluding hydrogens is 605 g/mol. The third-order valence-corrected chi connectivity index (χ3v) is 6.39. The van der Waals surface area contributed by atoms with Crippen LogP contribution in [-0.2, 0) is 33.5 Å². The van der Waals surface area contributed by atoms with Crippen molar-refractivity contribution < 1.29 is 56.1 Å². The number of carbonyl (C=O) groups is 4. The Morgan fingerprint density at radius 3 is 2.04 bits per heavy atom. The second-order valence-electron chi connectivity index (χ2n) is 9.31. The number of benzene rings is 2. The van der Waals surface area contributed by atoms with Crippen LogP contribution in [0.4, 0.5) is 13.2 Å². The van der Waals surface area contributed by atoms with E-state index in [1.165, 1.54) is 45.6 Å². The van der Waals surface area contributed by atoms with Crippen molar-refractivity contribution in [3.8, 4) is 11.5 Å². The molecule has 2 aromatic rings. The third kappa shape index (κ3) is 9.11. The molecule has 16 heteroatoms. The minimum absolute atomic E-state index is 0.0799. The predicted octanol–water partition coefficient (Wildman–Crippen LogP) is 2.22. The molecule has 2 amide bonds. The lowest BCUT2D eigenvalue weighted by Gasteiger charge is -2.37. The van der Waals surface area contributed by atoms with Crippen LogP contribution in [0.3, 0.4) is 0 Å². The standard InChI is InChI=1S/C29H31F3N4O9/c1-41-20-9-7-18(8-10-20)24(27(39)43-3)36-15-19(16-36)33-25(37)23(35-44-4)17-5-11-21(12-6-17)45-14-13-22(26(38)42-2)34-28(40)29(30,31)32/h5-12,15,22,24H,13-14,16H2,1-4H3,(H,33,37)(H,34,40)/b35-23+. The Morgan fingerprint density at radius 2 is 1.51 bits per heavy atom. The maximum absolute atomic E-state index is 13.1. The highest BCUT2D eigenvalue weighted by molar-refractivity contribution is 6.45. The van der Waals surface area contributed by atoms with Gasteiger partial charge in [-0.15, -0.1) is 0 Å². The lowest BCUT2D eigenvalue weighted by atomic mass is 10.0. The van der Waals surface area contributed by atoms with Gasteiger partial charge in [-0.2, -0.15) is 13.2 Å². The molecule has 0 spiro atoms. The van der Waals surface area contributed by atoms with E-state index in [0.717, 1.165) is 7.11 Å². The molecule has 2 N–H and O–H groups in total. The molecule has 0 aromatic heterocycles. The highest BCUT2D eigenvalue weighted by Crippen LogP contribution is 2.29. The van der Waals surface area contributed by atoms with E-state index < -0.39 is 42.0 Å². The first kappa shape index (κ1) is 34.2. The number of carbonyl (C=O) groups excluding carboxylic acids is 4. The number of halogens is 3. The van der Waals surface area contributed by atoms with Gasteiger partial charge in [0.2, 0.25) is 0 Å². The fourth-order valence-electron chi connectivity index (χ4n) is 4.13. The normalized spacial score (nSPS) is 14.2. The SMILES string of the molecule is CO/N=C(/C(=O)NC1=CN(C(C(=O)OC)c2ccc(OC)cc2)C1)c1ccc(OCCC(NC(=O)C(F)(F)F)C(=O)OC)cc1. The van der Waals surface area contributed by atoms with E-state index in [9.17, 15) is 32.3 Å². The van der Waals surface area contributed by atoms with Crippen molar-refractivity contribution >= 4 is 29.5 Å². The molecule has 1 aliphatic heterocycles. The van der Waals surface area contributed by atoms with Crippen LogP contribution < -0.4 is 20.1 Å². The van der Waals surface area contributed by atoms with E-state index in [-0.39, 0.29) is 31.0 Å². The Balaban J connectivity index is 1.62. The number of nitrogens with one attached hydrogen (secondary N) is 2. The van der Waals surface area contributed by atoms with Gasteiger partial charge in [0.15, 0.2) is 11.8 Å². The van der Waals surface area contributed by atoms with Crippen LogP contribution in [0.25, 0.3) is 0 Å². The van der Waals surface area contributed by atoms with Gasteiger partial charge in [0.1, 0.15) is 24.7 Å². The molecule has 2 aromatic carbocycles. The number of alkyl halides is 3. The molecule has 13 nitrogen and oxygen atoms in total. The van der Waals surface area contributed by atoms with Gasteiger partial charge in [0.25, 0.3) is 5.91 Å². The van der Waals surface area contributed by atoms with Crippen LogP contribution in [0.1, 0.15) is 23.6 Å². The third-order valence-electron chi connectivity index (χ3n) is 6.39. The van der Waals surface area contributed by atoms with Gasteiger partial charge in [0, 0.05) is 18.2 Å². The topological polar surface area (TPSA) is 154 Å². The molecule has 3 rings (SSSR count). The number of hydrogen-bond donors (Lipinski definition) is 2. The van der Waals surface area contributed by atoms with Crippen molar-refractivity contribution in [2.45, 2.75) is 24.7 Å². The van der Waals surface area contributed by atoms with Crippen molar-refractivity contribution in [3.63, 3.8) is 0 Å². The first-order valence-corrected chi connectivity index (χ1v) is 13.2.